The maximum absolute atomic E-state index is 10.9. The highest BCUT2D eigenvalue weighted by Gasteiger charge is 2.46. The third-order valence-electron chi connectivity index (χ3n) is 2.62. The molecule has 1 unspecified atom stereocenters. The maximum Gasteiger partial charge on any atom is 0.362 e. The number of likely N-dealkylation sites (tertiary alicyclic amines) is 1. The van der Waals surface area contributed by atoms with Gasteiger partial charge in [-0.15, -0.1) is 0 Å². The van der Waals surface area contributed by atoms with Crippen LogP contribution >= 0.6 is 0 Å². The monoisotopic (exact) mass is 202 g/mol. The van der Waals surface area contributed by atoms with Crippen LogP contribution in [0.5, 0.6) is 0 Å². The van der Waals surface area contributed by atoms with Crippen LogP contribution in [-0.4, -0.2) is 54.3 Å². The Morgan fingerprint density at radius 1 is 1.43 bits per heavy atom. The van der Waals surface area contributed by atoms with E-state index >= 15 is 0 Å². The third kappa shape index (κ3) is 2.23. The molecular weight excluding hydrogens is 186 g/mol. The number of hydrogen-bond acceptors (Lipinski definition) is 3. The average Bonchev–Trinajstić information content (AvgIpc) is 2.23. The van der Waals surface area contributed by atoms with Gasteiger partial charge in [0.2, 0.25) is 0 Å². The molecule has 0 aromatic carbocycles. The zero-order valence-corrected chi connectivity index (χ0v) is 8.69. The Morgan fingerprint density at radius 3 is 2.36 bits per heavy atom. The molecule has 2 atom stereocenters. The van der Waals surface area contributed by atoms with Crippen LogP contribution in [0.1, 0.15) is 13.3 Å². The van der Waals surface area contributed by atoms with Gasteiger partial charge in [-0.25, -0.2) is 4.79 Å². The van der Waals surface area contributed by atoms with Gasteiger partial charge in [-0.3, -0.25) is 4.79 Å². The molecule has 0 aliphatic carbocycles. The van der Waals surface area contributed by atoms with Crippen LogP contribution in [0, 0.1) is 0 Å². The van der Waals surface area contributed by atoms with Crippen molar-refractivity contribution < 1.29 is 23.9 Å². The molecule has 5 heteroatoms. The predicted octanol–water partition coefficient (Wildman–Crippen LogP) is -0.149. The number of ether oxygens (including phenoxy) is 1. The van der Waals surface area contributed by atoms with Crippen molar-refractivity contribution in [2.75, 3.05) is 20.6 Å². The highest BCUT2D eigenvalue weighted by molar-refractivity contribution is 5.72. The van der Waals surface area contributed by atoms with Crippen molar-refractivity contribution >= 4 is 11.9 Å². The molecule has 0 spiro atoms. The Hall–Kier alpha value is -1.10. The first kappa shape index (κ1) is 11.0. The standard InChI is InChI=1S/C9H15NO4/c1-6(11)14-7-4-8(9(12)13)10(2,3)5-7/h7-8H,4-5H2,1-3H3/p+1/t7?,8-/m0/s1. The van der Waals surface area contributed by atoms with Gasteiger partial charge >= 0.3 is 11.9 Å². The predicted molar refractivity (Wildman–Crippen MR) is 48.6 cm³/mol. The first-order valence-corrected chi connectivity index (χ1v) is 4.55. The minimum atomic E-state index is -0.829. The second-order valence-electron chi connectivity index (χ2n) is 4.28. The van der Waals surface area contributed by atoms with Gasteiger partial charge in [0.1, 0.15) is 6.54 Å². The van der Waals surface area contributed by atoms with Crippen LogP contribution < -0.4 is 0 Å². The Balaban J connectivity index is 2.66. The number of rotatable bonds is 2. The van der Waals surface area contributed by atoms with Crippen LogP contribution in [0.25, 0.3) is 0 Å². The summed E-state index contributed by atoms with van der Waals surface area (Å²) in [6.45, 7) is 1.91. The van der Waals surface area contributed by atoms with Crippen LogP contribution in [0.4, 0.5) is 0 Å². The number of carboxylic acid groups (broad SMARTS) is 1. The molecule has 0 amide bonds. The van der Waals surface area contributed by atoms with Crippen molar-refractivity contribution in [3.8, 4) is 0 Å². The summed E-state index contributed by atoms with van der Waals surface area (Å²) < 4.78 is 5.38. The number of likely N-dealkylation sites (N-methyl/N-ethyl adjacent to an activating group) is 1. The molecule has 0 aromatic rings. The largest absolute Gasteiger partial charge is 0.477 e. The zero-order valence-electron chi connectivity index (χ0n) is 8.69. The van der Waals surface area contributed by atoms with Gasteiger partial charge in [-0.05, 0) is 0 Å². The number of quaternary nitrogens is 1. The fourth-order valence-corrected chi connectivity index (χ4v) is 1.98. The van der Waals surface area contributed by atoms with E-state index in [-0.39, 0.29) is 12.1 Å². The zero-order chi connectivity index (χ0) is 10.9. The van der Waals surface area contributed by atoms with E-state index in [2.05, 4.69) is 0 Å². The Bertz CT molecular complexity index is 262. The number of nitrogens with zero attached hydrogens (tertiary/aromatic N) is 1. The molecule has 0 saturated carbocycles. The molecule has 1 fully saturated rings. The van der Waals surface area contributed by atoms with E-state index in [1.54, 1.807) is 0 Å². The Kier molecular flexibility index (Phi) is 2.80. The lowest BCUT2D eigenvalue weighted by molar-refractivity contribution is -0.894. The summed E-state index contributed by atoms with van der Waals surface area (Å²) in [6.07, 6.45) is 0.144. The smallest absolute Gasteiger partial charge is 0.362 e. The molecule has 1 heterocycles. The normalized spacial score (nSPS) is 29.9. The number of carbonyl (C=O) groups excluding carboxylic acids is 1. The molecule has 0 aromatic heterocycles. The Morgan fingerprint density at radius 2 is 2.00 bits per heavy atom. The van der Waals surface area contributed by atoms with Gasteiger partial charge in [-0.2, -0.15) is 0 Å². The minimum absolute atomic E-state index is 0.261. The van der Waals surface area contributed by atoms with E-state index in [0.29, 0.717) is 17.4 Å². The lowest BCUT2D eigenvalue weighted by atomic mass is 10.2. The highest BCUT2D eigenvalue weighted by Crippen LogP contribution is 2.25. The summed E-state index contributed by atoms with van der Waals surface area (Å²) in [6, 6.07) is -0.473. The van der Waals surface area contributed by atoms with E-state index < -0.39 is 12.0 Å². The van der Waals surface area contributed by atoms with Gasteiger partial charge in [0.15, 0.2) is 12.1 Å². The molecule has 1 aliphatic heterocycles. The molecule has 1 aliphatic rings. The summed E-state index contributed by atoms with van der Waals surface area (Å²) in [7, 11) is 3.67. The topological polar surface area (TPSA) is 63.6 Å². The molecule has 1 saturated heterocycles. The molecule has 0 bridgehead atoms. The van der Waals surface area contributed by atoms with Crippen LogP contribution in [-0.2, 0) is 14.3 Å². The highest BCUT2D eigenvalue weighted by atomic mass is 16.5. The van der Waals surface area contributed by atoms with Crippen LogP contribution in [0.3, 0.4) is 0 Å². The first-order chi connectivity index (χ1) is 6.33. The number of carboxylic acids is 1. The van der Waals surface area contributed by atoms with Crippen LogP contribution in [0.15, 0.2) is 0 Å². The van der Waals surface area contributed by atoms with Crippen LogP contribution in [0.2, 0.25) is 0 Å². The molecule has 0 radical (unpaired) electrons. The maximum atomic E-state index is 10.9. The number of hydrogen-bond donors (Lipinski definition) is 1. The van der Waals surface area contributed by atoms with Gasteiger partial charge in [0, 0.05) is 6.92 Å². The van der Waals surface area contributed by atoms with E-state index in [1.807, 2.05) is 14.1 Å². The van der Waals surface area contributed by atoms with Gasteiger partial charge in [0.25, 0.3) is 0 Å². The summed E-state index contributed by atoms with van der Waals surface area (Å²) in [5, 5.41) is 8.94. The van der Waals surface area contributed by atoms with E-state index in [1.165, 1.54) is 6.92 Å². The summed E-state index contributed by atoms with van der Waals surface area (Å²) >= 11 is 0. The van der Waals surface area contributed by atoms with E-state index in [4.69, 9.17) is 9.84 Å². The molecule has 5 nitrogen and oxygen atoms in total. The van der Waals surface area contributed by atoms with Crippen molar-refractivity contribution in [2.24, 2.45) is 0 Å². The van der Waals surface area contributed by atoms with Crippen molar-refractivity contribution in [1.29, 1.82) is 0 Å². The summed E-state index contributed by atoms with van der Waals surface area (Å²) in [5.74, 6) is -1.18. The van der Waals surface area contributed by atoms with E-state index in [9.17, 15) is 9.59 Å². The van der Waals surface area contributed by atoms with Gasteiger partial charge < -0.3 is 14.3 Å². The Labute approximate surface area is 82.9 Å². The average molecular weight is 202 g/mol. The molecule has 1 N–H and O–H groups in total. The minimum Gasteiger partial charge on any atom is -0.477 e. The van der Waals surface area contributed by atoms with E-state index in [0.717, 1.165) is 0 Å². The fraction of sp³-hybridized carbons (Fsp3) is 0.778. The number of esters is 1. The lowest BCUT2D eigenvalue weighted by Crippen LogP contribution is -2.48. The third-order valence-corrected chi connectivity index (χ3v) is 2.62. The second kappa shape index (κ2) is 3.57. The summed E-state index contributed by atoms with van der Waals surface area (Å²) in [5.41, 5.74) is 0. The number of carbonyl (C=O) groups is 2. The molecular formula is C9H16NO4+. The lowest BCUT2D eigenvalue weighted by Gasteiger charge is -2.28. The summed E-state index contributed by atoms with van der Waals surface area (Å²) in [4.78, 5) is 21.6. The number of aliphatic carboxylic acids is 1. The molecule has 1 rings (SSSR count). The van der Waals surface area contributed by atoms with Crippen molar-refractivity contribution in [2.45, 2.75) is 25.5 Å². The fourth-order valence-electron chi connectivity index (χ4n) is 1.98. The first-order valence-electron chi connectivity index (χ1n) is 4.55. The SMILES string of the molecule is CC(=O)OC1C[C@@H](C(=O)O)[N+](C)(C)C1. The van der Waals surface area contributed by atoms with Crippen molar-refractivity contribution in [3.63, 3.8) is 0 Å². The van der Waals surface area contributed by atoms with Crippen molar-refractivity contribution in [1.82, 2.24) is 0 Å². The second-order valence-corrected chi connectivity index (χ2v) is 4.28. The quantitative estimate of drug-likeness (QED) is 0.499. The van der Waals surface area contributed by atoms with Gasteiger partial charge in [0.05, 0.1) is 20.5 Å². The van der Waals surface area contributed by atoms with Gasteiger partial charge in [-0.1, -0.05) is 0 Å². The molecule has 80 valence electrons. The molecule has 14 heavy (non-hydrogen) atoms. The van der Waals surface area contributed by atoms with Crippen molar-refractivity contribution in [3.05, 3.63) is 0 Å².